The summed E-state index contributed by atoms with van der Waals surface area (Å²) in [6, 6.07) is 3.95. The molecule has 1 fully saturated rings. The van der Waals surface area contributed by atoms with Crippen molar-refractivity contribution in [1.82, 2.24) is 24.9 Å². The van der Waals surface area contributed by atoms with Gasteiger partial charge in [0.25, 0.3) is 0 Å². The smallest absolute Gasteiger partial charge is 0.237 e. The van der Waals surface area contributed by atoms with E-state index in [1.54, 1.807) is 11.3 Å². The number of thioether (sulfide) groups is 1. The van der Waals surface area contributed by atoms with Gasteiger partial charge >= 0.3 is 0 Å². The zero-order valence-electron chi connectivity index (χ0n) is 13.1. The second kappa shape index (κ2) is 6.91. The lowest BCUT2D eigenvalue weighted by Crippen LogP contribution is -2.37. The number of rotatable bonds is 5. The van der Waals surface area contributed by atoms with Gasteiger partial charge in [0.1, 0.15) is 0 Å². The minimum absolute atomic E-state index is 0.563. The molecule has 0 aromatic carbocycles. The molecule has 0 amide bonds. The monoisotopic (exact) mass is 364 g/mol. The fraction of sp³-hybridized carbons (Fsp3) is 0.429. The molecule has 0 atom stereocenters. The van der Waals surface area contributed by atoms with E-state index in [0.717, 1.165) is 42.3 Å². The summed E-state index contributed by atoms with van der Waals surface area (Å²) in [7, 11) is 1.97. The Kier molecular flexibility index (Phi) is 4.50. The van der Waals surface area contributed by atoms with E-state index in [-0.39, 0.29) is 0 Å². The molecule has 8 nitrogen and oxygen atoms in total. The molecule has 0 unspecified atom stereocenters. The fourth-order valence-corrected chi connectivity index (χ4v) is 3.81. The van der Waals surface area contributed by atoms with Crippen LogP contribution in [0.5, 0.6) is 0 Å². The van der Waals surface area contributed by atoms with Crippen LogP contribution in [-0.4, -0.2) is 51.2 Å². The van der Waals surface area contributed by atoms with Crippen LogP contribution in [0.3, 0.4) is 0 Å². The van der Waals surface area contributed by atoms with E-state index in [1.807, 2.05) is 29.1 Å². The van der Waals surface area contributed by atoms with Gasteiger partial charge in [-0.15, -0.1) is 21.5 Å². The van der Waals surface area contributed by atoms with Crippen LogP contribution in [0.15, 0.2) is 27.2 Å². The van der Waals surface area contributed by atoms with E-state index >= 15 is 0 Å². The van der Waals surface area contributed by atoms with Crippen molar-refractivity contribution in [2.24, 2.45) is 7.05 Å². The van der Waals surface area contributed by atoms with Crippen LogP contribution in [0.2, 0.25) is 0 Å². The molecule has 0 N–H and O–H groups in total. The minimum Gasteiger partial charge on any atom is -0.378 e. The summed E-state index contributed by atoms with van der Waals surface area (Å²) < 4.78 is 12.7. The van der Waals surface area contributed by atoms with Gasteiger partial charge in [0.05, 0.1) is 23.8 Å². The lowest BCUT2D eigenvalue weighted by molar-refractivity contribution is 0.121. The summed E-state index contributed by atoms with van der Waals surface area (Å²) in [5, 5.41) is 15.4. The van der Waals surface area contributed by atoms with Crippen LogP contribution in [0.1, 0.15) is 5.89 Å². The first-order valence-corrected chi connectivity index (χ1v) is 9.39. The predicted octanol–water partition coefficient (Wildman–Crippen LogP) is 2.06. The third-order valence-electron chi connectivity index (χ3n) is 3.64. The maximum Gasteiger partial charge on any atom is 0.237 e. The number of nitrogens with zero attached hydrogens (tertiary/aromatic N) is 6. The van der Waals surface area contributed by atoms with Crippen LogP contribution < -0.4 is 4.90 Å². The largest absolute Gasteiger partial charge is 0.378 e. The first-order chi connectivity index (χ1) is 11.8. The second-order valence-corrected chi connectivity index (χ2v) is 7.11. The van der Waals surface area contributed by atoms with Gasteiger partial charge in [0.2, 0.25) is 17.7 Å². The number of ether oxygens (including phenoxy) is 1. The van der Waals surface area contributed by atoms with Crippen LogP contribution >= 0.6 is 23.1 Å². The van der Waals surface area contributed by atoms with Gasteiger partial charge in [-0.3, -0.25) is 4.57 Å². The van der Waals surface area contributed by atoms with Crippen LogP contribution in [-0.2, 0) is 17.5 Å². The van der Waals surface area contributed by atoms with Crippen molar-refractivity contribution < 1.29 is 9.26 Å². The average molecular weight is 364 g/mol. The van der Waals surface area contributed by atoms with Gasteiger partial charge in [-0.2, -0.15) is 4.98 Å². The Balaban J connectivity index is 1.42. The Morgan fingerprint density at radius 3 is 2.96 bits per heavy atom. The molecule has 0 radical (unpaired) electrons. The molecule has 4 heterocycles. The second-order valence-electron chi connectivity index (χ2n) is 5.22. The molecule has 126 valence electrons. The van der Waals surface area contributed by atoms with E-state index < -0.39 is 0 Å². The molecule has 1 aliphatic heterocycles. The van der Waals surface area contributed by atoms with Crippen LogP contribution in [0.25, 0.3) is 10.7 Å². The predicted molar refractivity (Wildman–Crippen MR) is 91.2 cm³/mol. The van der Waals surface area contributed by atoms with Crippen LogP contribution in [0, 0.1) is 0 Å². The fourth-order valence-electron chi connectivity index (χ4n) is 2.42. The van der Waals surface area contributed by atoms with Crippen molar-refractivity contribution in [2.75, 3.05) is 31.2 Å². The third kappa shape index (κ3) is 3.17. The number of hydrogen-bond donors (Lipinski definition) is 0. The standard InChI is InChI=1S/C14H16N6O2S2/c1-19-13(20-4-6-21-7-5-20)16-17-14(19)24-9-11-15-12(18-22-11)10-3-2-8-23-10/h2-3,8H,4-7,9H2,1H3. The van der Waals surface area contributed by atoms with Crippen molar-refractivity contribution in [3.05, 3.63) is 23.4 Å². The molecule has 3 aromatic heterocycles. The van der Waals surface area contributed by atoms with Gasteiger partial charge in [-0.05, 0) is 11.4 Å². The van der Waals surface area contributed by atoms with Gasteiger partial charge < -0.3 is 14.2 Å². The quantitative estimate of drug-likeness (QED) is 0.636. The molecule has 1 saturated heterocycles. The molecule has 1 aliphatic rings. The van der Waals surface area contributed by atoms with Crippen molar-refractivity contribution in [3.8, 4) is 10.7 Å². The van der Waals surface area contributed by atoms with Crippen molar-refractivity contribution >= 4 is 29.0 Å². The van der Waals surface area contributed by atoms with E-state index in [1.165, 1.54) is 11.8 Å². The summed E-state index contributed by atoms with van der Waals surface area (Å²) in [6.45, 7) is 3.13. The first-order valence-electron chi connectivity index (χ1n) is 7.52. The maximum absolute atomic E-state index is 5.38. The Hall–Kier alpha value is -1.91. The summed E-state index contributed by atoms with van der Waals surface area (Å²) in [6.07, 6.45) is 0. The van der Waals surface area contributed by atoms with E-state index in [0.29, 0.717) is 17.5 Å². The molecular weight excluding hydrogens is 348 g/mol. The molecule has 0 aliphatic carbocycles. The zero-order valence-corrected chi connectivity index (χ0v) is 14.7. The molecule has 4 rings (SSSR count). The molecular formula is C14H16N6O2S2. The van der Waals surface area contributed by atoms with Gasteiger partial charge in [0, 0.05) is 20.1 Å². The highest BCUT2D eigenvalue weighted by molar-refractivity contribution is 7.98. The van der Waals surface area contributed by atoms with Gasteiger partial charge in [0.15, 0.2) is 5.16 Å². The van der Waals surface area contributed by atoms with Crippen LogP contribution in [0.4, 0.5) is 5.95 Å². The summed E-state index contributed by atoms with van der Waals surface area (Å²) in [5.41, 5.74) is 0. The average Bonchev–Trinajstić information content (AvgIpc) is 3.35. The molecule has 0 spiro atoms. The molecule has 0 bridgehead atoms. The maximum atomic E-state index is 5.38. The van der Waals surface area contributed by atoms with Gasteiger partial charge in [-0.1, -0.05) is 23.0 Å². The first kappa shape index (κ1) is 15.6. The number of anilines is 1. The molecule has 0 saturated carbocycles. The number of thiophene rings is 1. The molecule has 3 aromatic rings. The molecule has 10 heteroatoms. The van der Waals surface area contributed by atoms with E-state index in [9.17, 15) is 0 Å². The Morgan fingerprint density at radius 2 is 2.17 bits per heavy atom. The zero-order chi connectivity index (χ0) is 16.4. The summed E-state index contributed by atoms with van der Waals surface area (Å²) in [5.74, 6) is 2.64. The van der Waals surface area contributed by atoms with E-state index in [4.69, 9.17) is 9.26 Å². The van der Waals surface area contributed by atoms with Crippen molar-refractivity contribution in [2.45, 2.75) is 10.9 Å². The normalized spacial score (nSPS) is 15.1. The SMILES string of the molecule is Cn1c(SCc2nc(-c3cccs3)no2)nnc1N1CCOCC1. The minimum atomic E-state index is 0.563. The van der Waals surface area contributed by atoms with Crippen molar-refractivity contribution in [1.29, 1.82) is 0 Å². The Morgan fingerprint density at radius 1 is 1.29 bits per heavy atom. The number of aromatic nitrogens is 5. The molecule has 24 heavy (non-hydrogen) atoms. The Labute approximate surface area is 146 Å². The lowest BCUT2D eigenvalue weighted by atomic mass is 10.4. The summed E-state index contributed by atoms with van der Waals surface area (Å²) in [4.78, 5) is 7.61. The highest BCUT2D eigenvalue weighted by Gasteiger charge is 2.19. The number of hydrogen-bond acceptors (Lipinski definition) is 9. The Bertz CT molecular complexity index is 794. The topological polar surface area (TPSA) is 82.1 Å². The summed E-state index contributed by atoms with van der Waals surface area (Å²) >= 11 is 3.13. The lowest BCUT2D eigenvalue weighted by Gasteiger charge is -2.27. The number of morpholine rings is 1. The van der Waals surface area contributed by atoms with Crippen molar-refractivity contribution in [3.63, 3.8) is 0 Å². The van der Waals surface area contributed by atoms with Gasteiger partial charge in [-0.25, -0.2) is 0 Å². The highest BCUT2D eigenvalue weighted by Crippen LogP contribution is 2.26. The third-order valence-corrected chi connectivity index (χ3v) is 5.51. The van der Waals surface area contributed by atoms with E-state index in [2.05, 4.69) is 25.2 Å². The highest BCUT2D eigenvalue weighted by atomic mass is 32.2.